The van der Waals surface area contributed by atoms with Gasteiger partial charge in [-0.15, -0.1) is 11.3 Å². The number of hydrogen-bond acceptors (Lipinski definition) is 5. The van der Waals surface area contributed by atoms with Crippen LogP contribution < -0.4 is 15.4 Å². The first-order valence-corrected chi connectivity index (χ1v) is 8.43. The molecule has 2 heterocycles. The number of carbonyl (C=O) groups excluding carboxylic acids is 1. The third-order valence-corrected chi connectivity index (χ3v) is 4.07. The highest BCUT2D eigenvalue weighted by Gasteiger charge is 2.11. The predicted octanol–water partition coefficient (Wildman–Crippen LogP) is 4.13. The van der Waals surface area contributed by atoms with E-state index in [0.29, 0.717) is 16.4 Å². The van der Waals surface area contributed by atoms with Crippen molar-refractivity contribution in [3.8, 4) is 17.0 Å². The Hall–Kier alpha value is -3.07. The third kappa shape index (κ3) is 4.73. The zero-order chi connectivity index (χ0) is 18.4. The lowest BCUT2D eigenvalue weighted by Crippen LogP contribution is -2.28. The summed E-state index contributed by atoms with van der Waals surface area (Å²) >= 11 is 1.27. The monoisotopic (exact) mass is 376 g/mol. The molecule has 2 N–H and O–H groups in total. The quantitative estimate of drug-likeness (QED) is 0.678. The molecule has 0 aliphatic heterocycles. The molecule has 26 heavy (non-hydrogen) atoms. The fourth-order valence-corrected chi connectivity index (χ4v) is 2.87. The van der Waals surface area contributed by atoms with Crippen LogP contribution in [-0.2, 0) is 6.54 Å². The van der Waals surface area contributed by atoms with Crippen molar-refractivity contribution in [2.24, 2.45) is 0 Å². The maximum atomic E-state index is 12.4. The molecule has 0 atom stereocenters. The second-order valence-electron chi connectivity index (χ2n) is 5.07. The van der Waals surface area contributed by atoms with Crippen molar-refractivity contribution in [3.63, 3.8) is 0 Å². The summed E-state index contributed by atoms with van der Waals surface area (Å²) in [6.07, 6.45) is 3.34. The lowest BCUT2D eigenvalue weighted by molar-refractivity contribution is -0.0504. The fraction of sp³-hybridized carbons (Fsp3) is 0.118. The number of aromatic nitrogens is 2. The van der Waals surface area contributed by atoms with E-state index in [1.54, 1.807) is 42.0 Å². The fourth-order valence-electron chi connectivity index (χ4n) is 2.16. The number of nitrogens with zero attached hydrogens (tertiary/aromatic N) is 2. The van der Waals surface area contributed by atoms with Gasteiger partial charge in [0.1, 0.15) is 5.75 Å². The first-order chi connectivity index (χ1) is 12.6. The van der Waals surface area contributed by atoms with Gasteiger partial charge in [0, 0.05) is 35.4 Å². The molecule has 0 aliphatic rings. The van der Waals surface area contributed by atoms with Gasteiger partial charge in [-0.25, -0.2) is 9.78 Å². The molecule has 1 aromatic carbocycles. The molecule has 0 saturated carbocycles. The molecule has 2 amide bonds. The Balaban J connectivity index is 1.58. The number of nitrogens with one attached hydrogen (secondary N) is 2. The van der Waals surface area contributed by atoms with Gasteiger partial charge in [-0.2, -0.15) is 8.78 Å². The summed E-state index contributed by atoms with van der Waals surface area (Å²) in [6, 6.07) is 9.44. The van der Waals surface area contributed by atoms with Crippen LogP contribution in [0.15, 0.2) is 54.2 Å². The van der Waals surface area contributed by atoms with Gasteiger partial charge in [-0.1, -0.05) is 18.2 Å². The van der Waals surface area contributed by atoms with Crippen LogP contribution in [-0.4, -0.2) is 22.6 Å². The summed E-state index contributed by atoms with van der Waals surface area (Å²) in [6.45, 7) is -2.89. The molecule has 0 unspecified atom stereocenters. The number of pyridine rings is 1. The molecule has 0 radical (unpaired) electrons. The zero-order valence-corrected chi connectivity index (χ0v) is 14.2. The van der Waals surface area contributed by atoms with Crippen molar-refractivity contribution in [2.45, 2.75) is 13.2 Å². The van der Waals surface area contributed by atoms with Gasteiger partial charge in [0.15, 0.2) is 5.13 Å². The second kappa shape index (κ2) is 8.34. The maximum absolute atomic E-state index is 12.4. The molecule has 0 saturated heterocycles. The van der Waals surface area contributed by atoms with Crippen LogP contribution in [0.3, 0.4) is 0 Å². The third-order valence-electron chi connectivity index (χ3n) is 3.31. The van der Waals surface area contributed by atoms with Crippen LogP contribution in [0.2, 0.25) is 0 Å². The molecule has 0 fully saturated rings. The number of para-hydroxylation sites is 1. The predicted molar refractivity (Wildman–Crippen MR) is 94.3 cm³/mol. The number of carbonyl (C=O) groups is 1. The molecular weight excluding hydrogens is 362 g/mol. The minimum absolute atomic E-state index is 0.0240. The van der Waals surface area contributed by atoms with Gasteiger partial charge in [-0.3, -0.25) is 10.3 Å². The summed E-state index contributed by atoms with van der Waals surface area (Å²) in [5, 5.41) is 7.42. The Labute approximate surface area is 151 Å². The molecular formula is C17H14F2N4O2S. The number of thiazole rings is 1. The molecule has 134 valence electrons. The zero-order valence-electron chi connectivity index (χ0n) is 13.4. The summed E-state index contributed by atoms with van der Waals surface area (Å²) in [5.74, 6) is 0.0240. The standard InChI is InChI=1S/C17H14F2N4O2S/c18-15(19)25-14-6-2-1-4-12(14)9-21-16(24)23-17-22-13(10-26-17)11-5-3-7-20-8-11/h1-8,10,15H,9H2,(H2,21,22,23,24). The highest BCUT2D eigenvalue weighted by atomic mass is 32.1. The Bertz CT molecular complexity index is 874. The van der Waals surface area contributed by atoms with E-state index in [4.69, 9.17) is 0 Å². The average molecular weight is 376 g/mol. The van der Waals surface area contributed by atoms with E-state index in [2.05, 4.69) is 25.3 Å². The van der Waals surface area contributed by atoms with Gasteiger partial charge in [0.2, 0.25) is 0 Å². The van der Waals surface area contributed by atoms with E-state index in [9.17, 15) is 13.6 Å². The first kappa shape index (κ1) is 17.7. The number of hydrogen-bond donors (Lipinski definition) is 2. The van der Waals surface area contributed by atoms with E-state index in [1.165, 1.54) is 17.4 Å². The molecule has 2 aromatic heterocycles. The summed E-state index contributed by atoms with van der Waals surface area (Å²) in [7, 11) is 0. The number of rotatable bonds is 6. The normalized spacial score (nSPS) is 10.6. The van der Waals surface area contributed by atoms with Crippen molar-refractivity contribution < 1.29 is 18.3 Å². The van der Waals surface area contributed by atoms with Gasteiger partial charge in [-0.05, 0) is 18.2 Å². The molecule has 3 aromatic rings. The lowest BCUT2D eigenvalue weighted by Gasteiger charge is -2.11. The molecule has 6 nitrogen and oxygen atoms in total. The van der Waals surface area contributed by atoms with Gasteiger partial charge in [0.25, 0.3) is 0 Å². The molecule has 9 heteroatoms. The number of ether oxygens (including phenoxy) is 1. The van der Waals surface area contributed by atoms with E-state index in [0.717, 1.165) is 5.56 Å². The van der Waals surface area contributed by atoms with E-state index < -0.39 is 12.6 Å². The number of urea groups is 1. The van der Waals surface area contributed by atoms with Crippen molar-refractivity contribution in [2.75, 3.05) is 5.32 Å². The molecule has 0 spiro atoms. The topological polar surface area (TPSA) is 76.1 Å². The highest BCUT2D eigenvalue weighted by Crippen LogP contribution is 2.24. The molecule has 0 aliphatic carbocycles. The van der Waals surface area contributed by atoms with Crippen LogP contribution in [0.4, 0.5) is 18.7 Å². The van der Waals surface area contributed by atoms with Gasteiger partial charge in [0.05, 0.1) is 5.69 Å². The average Bonchev–Trinajstić information content (AvgIpc) is 3.10. The smallest absolute Gasteiger partial charge is 0.387 e. The van der Waals surface area contributed by atoms with Crippen molar-refractivity contribution in [3.05, 3.63) is 59.7 Å². The first-order valence-electron chi connectivity index (χ1n) is 7.55. The Kier molecular flexibility index (Phi) is 5.69. The molecule has 0 bridgehead atoms. The Morgan fingerprint density at radius 2 is 2.08 bits per heavy atom. The van der Waals surface area contributed by atoms with Crippen LogP contribution in [0, 0.1) is 0 Å². The number of alkyl halides is 2. The van der Waals surface area contributed by atoms with Crippen LogP contribution in [0.5, 0.6) is 5.75 Å². The van der Waals surface area contributed by atoms with Crippen LogP contribution in [0.25, 0.3) is 11.3 Å². The van der Waals surface area contributed by atoms with E-state index >= 15 is 0 Å². The van der Waals surface area contributed by atoms with Crippen LogP contribution >= 0.6 is 11.3 Å². The summed E-state index contributed by atoms with van der Waals surface area (Å²) in [4.78, 5) is 20.3. The summed E-state index contributed by atoms with van der Waals surface area (Å²) in [5.41, 5.74) is 1.99. The molecule has 3 rings (SSSR count). The lowest BCUT2D eigenvalue weighted by atomic mass is 10.2. The van der Waals surface area contributed by atoms with Gasteiger partial charge >= 0.3 is 12.6 Å². The second-order valence-corrected chi connectivity index (χ2v) is 5.93. The van der Waals surface area contributed by atoms with E-state index in [-0.39, 0.29) is 12.3 Å². The Morgan fingerprint density at radius 1 is 1.23 bits per heavy atom. The van der Waals surface area contributed by atoms with Crippen molar-refractivity contribution >= 4 is 22.5 Å². The van der Waals surface area contributed by atoms with Crippen molar-refractivity contribution in [1.82, 2.24) is 15.3 Å². The largest absolute Gasteiger partial charge is 0.434 e. The minimum atomic E-state index is -2.92. The van der Waals surface area contributed by atoms with Crippen LogP contribution in [0.1, 0.15) is 5.56 Å². The number of anilines is 1. The minimum Gasteiger partial charge on any atom is -0.434 e. The summed E-state index contributed by atoms with van der Waals surface area (Å²) < 4.78 is 29.2. The number of benzene rings is 1. The van der Waals surface area contributed by atoms with Gasteiger partial charge < -0.3 is 10.1 Å². The van der Waals surface area contributed by atoms with E-state index in [1.807, 2.05) is 6.07 Å². The Morgan fingerprint density at radius 3 is 2.85 bits per heavy atom. The number of halogens is 2. The maximum Gasteiger partial charge on any atom is 0.387 e. The van der Waals surface area contributed by atoms with Crippen molar-refractivity contribution in [1.29, 1.82) is 0 Å². The highest BCUT2D eigenvalue weighted by molar-refractivity contribution is 7.14. The number of amides is 2. The SMILES string of the molecule is O=C(NCc1ccccc1OC(F)F)Nc1nc(-c2cccnc2)cs1.